The molecule has 2 aromatic carbocycles. The Morgan fingerprint density at radius 1 is 1.10 bits per heavy atom. The van der Waals surface area contributed by atoms with E-state index in [0.29, 0.717) is 0 Å². The van der Waals surface area contributed by atoms with Crippen LogP contribution in [0.1, 0.15) is 5.56 Å². The summed E-state index contributed by atoms with van der Waals surface area (Å²) in [5.41, 5.74) is -0.381. The van der Waals surface area contributed by atoms with Gasteiger partial charge in [0.15, 0.2) is 11.6 Å². The van der Waals surface area contributed by atoms with Gasteiger partial charge in [-0.1, -0.05) is 12.1 Å². The van der Waals surface area contributed by atoms with Crippen molar-refractivity contribution in [2.24, 2.45) is 0 Å². The van der Waals surface area contributed by atoms with Crippen molar-refractivity contribution in [2.75, 3.05) is 5.32 Å². The third-order valence-electron chi connectivity index (χ3n) is 2.66. The molecular weight excluding hydrogens is 273 g/mol. The number of anilines is 1. The molecule has 2 aromatic rings. The lowest BCUT2D eigenvalue weighted by Crippen LogP contribution is -2.04. The third kappa shape index (κ3) is 2.87. The molecule has 0 amide bonds. The molecule has 0 aliphatic heterocycles. The van der Waals surface area contributed by atoms with Crippen LogP contribution in [-0.2, 0) is 6.54 Å². The van der Waals surface area contributed by atoms with Gasteiger partial charge in [-0.05, 0) is 18.2 Å². The Morgan fingerprint density at radius 2 is 1.85 bits per heavy atom. The molecule has 1 N–H and O–H groups in total. The van der Waals surface area contributed by atoms with Crippen LogP contribution in [0.25, 0.3) is 0 Å². The number of nitrogens with one attached hydrogen (secondary N) is 1. The topological polar surface area (TPSA) is 55.2 Å². The number of nitro groups is 1. The summed E-state index contributed by atoms with van der Waals surface area (Å²) in [5, 5.41) is 13.2. The maximum Gasteiger partial charge on any atom is 0.306 e. The lowest BCUT2D eigenvalue weighted by Gasteiger charge is -2.08. The van der Waals surface area contributed by atoms with E-state index in [2.05, 4.69) is 5.32 Å². The molecule has 0 radical (unpaired) electrons. The first-order valence-electron chi connectivity index (χ1n) is 5.59. The molecule has 0 saturated heterocycles. The first kappa shape index (κ1) is 13.9. The largest absolute Gasteiger partial charge is 0.381 e. The van der Waals surface area contributed by atoms with Crippen molar-refractivity contribution in [3.05, 3.63) is 69.5 Å². The summed E-state index contributed by atoms with van der Waals surface area (Å²) < 4.78 is 39.5. The summed E-state index contributed by atoms with van der Waals surface area (Å²) in [6, 6.07) is 6.92. The normalized spacial score (nSPS) is 10.3. The van der Waals surface area contributed by atoms with E-state index in [1.807, 2.05) is 0 Å². The summed E-state index contributed by atoms with van der Waals surface area (Å²) in [5.74, 6) is -2.93. The average molecular weight is 282 g/mol. The summed E-state index contributed by atoms with van der Waals surface area (Å²) in [4.78, 5) is 9.72. The van der Waals surface area contributed by atoms with Crippen LogP contribution in [0.3, 0.4) is 0 Å². The van der Waals surface area contributed by atoms with Crippen molar-refractivity contribution >= 4 is 11.4 Å². The van der Waals surface area contributed by atoms with Gasteiger partial charge in [-0.3, -0.25) is 10.1 Å². The van der Waals surface area contributed by atoms with Gasteiger partial charge in [-0.25, -0.2) is 8.78 Å². The minimum Gasteiger partial charge on any atom is -0.381 e. The van der Waals surface area contributed by atoms with Crippen LogP contribution in [0, 0.1) is 27.6 Å². The standard InChI is InChI=1S/C13H9F3N2O2/c14-10-5-4-9(6-12(10)18(19)20)17-7-8-2-1-3-11(15)13(8)16/h1-6,17H,7H2. The number of halogens is 3. The molecule has 4 nitrogen and oxygen atoms in total. The van der Waals surface area contributed by atoms with Gasteiger partial charge in [0.1, 0.15) is 0 Å². The van der Waals surface area contributed by atoms with Gasteiger partial charge in [-0.15, -0.1) is 0 Å². The van der Waals surface area contributed by atoms with Gasteiger partial charge >= 0.3 is 5.69 Å². The minimum absolute atomic E-state index is 0.0666. The molecule has 0 heterocycles. The molecule has 7 heteroatoms. The molecule has 20 heavy (non-hydrogen) atoms. The maximum absolute atomic E-state index is 13.4. The molecule has 0 spiro atoms. The maximum atomic E-state index is 13.4. The summed E-state index contributed by atoms with van der Waals surface area (Å²) >= 11 is 0. The summed E-state index contributed by atoms with van der Waals surface area (Å²) in [6.45, 7) is -0.0770. The van der Waals surface area contributed by atoms with E-state index >= 15 is 0 Å². The second-order valence-corrected chi connectivity index (χ2v) is 3.99. The van der Waals surface area contributed by atoms with Crippen LogP contribution >= 0.6 is 0 Å². The monoisotopic (exact) mass is 282 g/mol. The van der Waals surface area contributed by atoms with Crippen molar-refractivity contribution in [3.63, 3.8) is 0 Å². The van der Waals surface area contributed by atoms with E-state index in [9.17, 15) is 23.3 Å². The smallest absolute Gasteiger partial charge is 0.306 e. The fourth-order valence-corrected chi connectivity index (χ4v) is 1.64. The highest BCUT2D eigenvalue weighted by molar-refractivity contribution is 5.52. The Morgan fingerprint density at radius 3 is 2.55 bits per heavy atom. The molecule has 0 fully saturated rings. The Hall–Kier alpha value is -2.57. The first-order valence-corrected chi connectivity index (χ1v) is 5.59. The van der Waals surface area contributed by atoms with E-state index < -0.39 is 28.1 Å². The fourth-order valence-electron chi connectivity index (χ4n) is 1.64. The van der Waals surface area contributed by atoms with Crippen molar-refractivity contribution in [3.8, 4) is 0 Å². The molecule has 0 aromatic heterocycles. The van der Waals surface area contributed by atoms with E-state index in [0.717, 1.165) is 18.2 Å². The average Bonchev–Trinajstić information content (AvgIpc) is 2.41. The fraction of sp³-hybridized carbons (Fsp3) is 0.0769. The Balaban J connectivity index is 2.17. The Labute approximate surface area is 112 Å². The molecule has 0 aliphatic rings. The molecule has 0 saturated carbocycles. The van der Waals surface area contributed by atoms with Crippen LogP contribution in [-0.4, -0.2) is 4.92 Å². The SMILES string of the molecule is O=[N+]([O-])c1cc(NCc2cccc(F)c2F)ccc1F. The summed E-state index contributed by atoms with van der Waals surface area (Å²) in [6.07, 6.45) is 0. The molecule has 0 unspecified atom stereocenters. The predicted octanol–water partition coefficient (Wildman–Crippen LogP) is 3.62. The lowest BCUT2D eigenvalue weighted by atomic mass is 10.2. The molecule has 0 bridgehead atoms. The number of nitrogens with zero attached hydrogens (tertiary/aromatic N) is 1. The number of hydrogen-bond donors (Lipinski definition) is 1. The van der Waals surface area contributed by atoms with E-state index in [4.69, 9.17) is 0 Å². The Bertz CT molecular complexity index is 662. The molecule has 2 rings (SSSR count). The minimum atomic E-state index is -0.989. The lowest BCUT2D eigenvalue weighted by molar-refractivity contribution is -0.387. The van der Waals surface area contributed by atoms with Crippen LogP contribution in [0.15, 0.2) is 36.4 Å². The summed E-state index contributed by atoms with van der Waals surface area (Å²) in [7, 11) is 0. The zero-order valence-corrected chi connectivity index (χ0v) is 10.1. The van der Waals surface area contributed by atoms with Crippen molar-refractivity contribution < 1.29 is 18.1 Å². The molecular formula is C13H9F3N2O2. The van der Waals surface area contributed by atoms with Gasteiger partial charge in [0, 0.05) is 23.9 Å². The number of nitro benzene ring substituents is 1. The van der Waals surface area contributed by atoms with Crippen LogP contribution in [0.2, 0.25) is 0 Å². The Kier molecular flexibility index (Phi) is 3.88. The first-order chi connectivity index (χ1) is 9.49. The van der Waals surface area contributed by atoms with Gasteiger partial charge in [0.05, 0.1) is 4.92 Å². The zero-order valence-electron chi connectivity index (χ0n) is 10.1. The molecule has 104 valence electrons. The highest BCUT2D eigenvalue weighted by atomic mass is 19.2. The number of hydrogen-bond acceptors (Lipinski definition) is 3. The van der Waals surface area contributed by atoms with E-state index in [-0.39, 0.29) is 17.8 Å². The second-order valence-electron chi connectivity index (χ2n) is 3.99. The van der Waals surface area contributed by atoms with Crippen molar-refractivity contribution in [1.82, 2.24) is 0 Å². The quantitative estimate of drug-likeness (QED) is 0.688. The van der Waals surface area contributed by atoms with Crippen molar-refractivity contribution in [2.45, 2.75) is 6.54 Å². The highest BCUT2D eigenvalue weighted by Gasteiger charge is 2.14. The number of rotatable bonds is 4. The van der Waals surface area contributed by atoms with Gasteiger partial charge in [0.25, 0.3) is 0 Å². The van der Waals surface area contributed by atoms with Crippen molar-refractivity contribution in [1.29, 1.82) is 0 Å². The van der Waals surface area contributed by atoms with Gasteiger partial charge in [0.2, 0.25) is 5.82 Å². The number of benzene rings is 2. The van der Waals surface area contributed by atoms with Gasteiger partial charge < -0.3 is 5.32 Å². The molecule has 0 aliphatic carbocycles. The van der Waals surface area contributed by atoms with Crippen LogP contribution < -0.4 is 5.32 Å². The van der Waals surface area contributed by atoms with E-state index in [1.54, 1.807) is 0 Å². The van der Waals surface area contributed by atoms with Crippen LogP contribution in [0.5, 0.6) is 0 Å². The molecule has 0 atom stereocenters. The van der Waals surface area contributed by atoms with Crippen LogP contribution in [0.4, 0.5) is 24.5 Å². The third-order valence-corrected chi connectivity index (χ3v) is 2.66. The zero-order chi connectivity index (χ0) is 14.7. The highest BCUT2D eigenvalue weighted by Crippen LogP contribution is 2.22. The van der Waals surface area contributed by atoms with E-state index in [1.165, 1.54) is 18.2 Å². The van der Waals surface area contributed by atoms with Gasteiger partial charge in [-0.2, -0.15) is 4.39 Å². The second kappa shape index (κ2) is 5.60. The predicted molar refractivity (Wildman–Crippen MR) is 66.7 cm³/mol.